The topological polar surface area (TPSA) is 99.1 Å². The minimum atomic E-state index is -4.74. The zero-order valence-electron chi connectivity index (χ0n) is 13.7. The van der Waals surface area contributed by atoms with Crippen LogP contribution in [0.3, 0.4) is 0 Å². The summed E-state index contributed by atoms with van der Waals surface area (Å²) in [5.41, 5.74) is 1.27. The molecule has 0 fully saturated rings. The van der Waals surface area contributed by atoms with E-state index in [4.69, 9.17) is 4.74 Å². The van der Waals surface area contributed by atoms with Crippen LogP contribution in [0.2, 0.25) is 0 Å². The molecule has 0 atom stereocenters. The van der Waals surface area contributed by atoms with Crippen LogP contribution in [0.4, 0.5) is 13.2 Å². The number of rotatable bonds is 7. The number of halogens is 3. The lowest BCUT2D eigenvalue weighted by Crippen LogP contribution is -2.19. The molecule has 27 heavy (non-hydrogen) atoms. The fraction of sp³-hybridized carbons (Fsp3) is 0.250. The summed E-state index contributed by atoms with van der Waals surface area (Å²) in [7, 11) is 0. The smallest absolute Gasteiger partial charge is 0.461 e. The number of imidazole rings is 1. The van der Waals surface area contributed by atoms with Gasteiger partial charge in [0, 0.05) is 5.56 Å². The van der Waals surface area contributed by atoms with E-state index in [1.807, 2.05) is 0 Å². The van der Waals surface area contributed by atoms with Crippen molar-refractivity contribution in [3.05, 3.63) is 52.1 Å². The molecule has 2 aromatic heterocycles. The number of ether oxygens (including phenoxy) is 2. The summed E-state index contributed by atoms with van der Waals surface area (Å²) in [5.74, 6) is 0. The molecule has 0 aliphatic rings. The number of aromatic nitrogens is 4. The zero-order valence-corrected chi connectivity index (χ0v) is 13.7. The predicted molar refractivity (Wildman–Crippen MR) is 86.6 cm³/mol. The van der Waals surface area contributed by atoms with Crippen LogP contribution in [-0.4, -0.2) is 45.4 Å². The first kappa shape index (κ1) is 18.6. The molecule has 0 unspecified atom stereocenters. The number of hydrogen-bond donors (Lipinski definition) is 1. The number of carbonyl (C=O) groups is 1. The summed E-state index contributed by atoms with van der Waals surface area (Å²) in [6.45, 7) is -1.00. The number of aldehydes is 1. The Labute approximate surface area is 149 Å². The van der Waals surface area contributed by atoms with E-state index in [-0.39, 0.29) is 18.2 Å². The number of alkyl halides is 3. The molecular formula is C16H13F3N4O4. The van der Waals surface area contributed by atoms with Crippen molar-refractivity contribution in [3.63, 3.8) is 0 Å². The molecule has 1 aromatic carbocycles. The van der Waals surface area contributed by atoms with Crippen molar-refractivity contribution in [3.8, 4) is 6.01 Å². The van der Waals surface area contributed by atoms with E-state index < -0.39 is 25.3 Å². The van der Waals surface area contributed by atoms with Crippen LogP contribution >= 0.6 is 0 Å². The van der Waals surface area contributed by atoms with Gasteiger partial charge in [0.15, 0.2) is 5.65 Å². The van der Waals surface area contributed by atoms with Crippen LogP contribution in [0.5, 0.6) is 6.01 Å². The molecule has 0 aliphatic heterocycles. The lowest BCUT2D eigenvalue weighted by molar-refractivity contribution is -0.325. The molecule has 0 aliphatic carbocycles. The quantitative estimate of drug-likeness (QED) is 0.495. The van der Waals surface area contributed by atoms with Gasteiger partial charge >= 0.3 is 18.1 Å². The van der Waals surface area contributed by atoms with Crippen LogP contribution in [0.25, 0.3) is 11.2 Å². The van der Waals surface area contributed by atoms with E-state index in [1.165, 1.54) is 10.8 Å². The Morgan fingerprint density at radius 2 is 2.07 bits per heavy atom. The number of nitrogens with one attached hydrogen (secondary N) is 1. The molecule has 0 saturated heterocycles. The Balaban J connectivity index is 1.80. The molecular weight excluding hydrogens is 369 g/mol. The number of nitrogens with zero attached hydrogens (tertiary/aromatic N) is 3. The van der Waals surface area contributed by atoms with Crippen LogP contribution < -0.4 is 10.4 Å². The molecule has 0 amide bonds. The second-order valence-electron chi connectivity index (χ2n) is 5.41. The zero-order chi connectivity index (χ0) is 19.4. The maximum atomic E-state index is 12.2. The third-order valence-corrected chi connectivity index (χ3v) is 3.50. The molecule has 3 aromatic rings. The number of aromatic amines is 1. The Kier molecular flexibility index (Phi) is 5.21. The van der Waals surface area contributed by atoms with Crippen LogP contribution in [-0.2, 0) is 11.3 Å². The van der Waals surface area contributed by atoms with E-state index in [2.05, 4.69) is 19.7 Å². The van der Waals surface area contributed by atoms with Gasteiger partial charge in [-0.05, 0) is 11.6 Å². The maximum Gasteiger partial charge on any atom is 0.522 e. The van der Waals surface area contributed by atoms with Gasteiger partial charge in [-0.1, -0.05) is 18.2 Å². The Hall–Kier alpha value is -3.21. The van der Waals surface area contributed by atoms with E-state index in [0.29, 0.717) is 22.9 Å². The lowest BCUT2D eigenvalue weighted by atomic mass is 10.1. The van der Waals surface area contributed by atoms with Crippen molar-refractivity contribution in [1.29, 1.82) is 0 Å². The summed E-state index contributed by atoms with van der Waals surface area (Å²) in [6, 6.07) is 6.49. The number of hydrogen-bond acceptors (Lipinski definition) is 6. The maximum absolute atomic E-state index is 12.2. The fourth-order valence-electron chi connectivity index (χ4n) is 2.38. The highest BCUT2D eigenvalue weighted by molar-refractivity contribution is 5.75. The third kappa shape index (κ3) is 4.70. The molecule has 0 radical (unpaired) electrons. The second kappa shape index (κ2) is 7.58. The van der Waals surface area contributed by atoms with Crippen molar-refractivity contribution in [2.45, 2.75) is 12.9 Å². The van der Waals surface area contributed by atoms with Gasteiger partial charge in [-0.15, -0.1) is 13.2 Å². The van der Waals surface area contributed by atoms with Gasteiger partial charge in [0.25, 0.3) is 0 Å². The highest BCUT2D eigenvalue weighted by Crippen LogP contribution is 2.16. The first-order valence-electron chi connectivity index (χ1n) is 7.69. The molecule has 0 bridgehead atoms. The number of fused-ring (bicyclic) bond motifs is 1. The van der Waals surface area contributed by atoms with Gasteiger partial charge in [-0.3, -0.25) is 14.1 Å². The first-order valence-corrected chi connectivity index (χ1v) is 7.69. The average molecular weight is 382 g/mol. The molecule has 3 rings (SSSR count). The van der Waals surface area contributed by atoms with Gasteiger partial charge in [0.1, 0.15) is 18.4 Å². The van der Waals surface area contributed by atoms with Crippen LogP contribution in [0.15, 0.2) is 35.3 Å². The third-order valence-electron chi connectivity index (χ3n) is 3.50. The Morgan fingerprint density at radius 3 is 2.81 bits per heavy atom. The van der Waals surface area contributed by atoms with Gasteiger partial charge in [0.2, 0.25) is 0 Å². The summed E-state index contributed by atoms with van der Waals surface area (Å²) >= 11 is 0. The minimum absolute atomic E-state index is 0.133. The molecule has 11 heteroatoms. The van der Waals surface area contributed by atoms with Crippen molar-refractivity contribution < 1.29 is 27.4 Å². The number of carbonyl (C=O) groups excluding carboxylic acids is 1. The monoisotopic (exact) mass is 382 g/mol. The average Bonchev–Trinajstić information content (AvgIpc) is 2.93. The molecule has 0 saturated carbocycles. The van der Waals surface area contributed by atoms with Gasteiger partial charge < -0.3 is 9.72 Å². The highest BCUT2D eigenvalue weighted by atomic mass is 19.4. The highest BCUT2D eigenvalue weighted by Gasteiger charge is 2.28. The lowest BCUT2D eigenvalue weighted by Gasteiger charge is -2.08. The summed E-state index contributed by atoms with van der Waals surface area (Å²) < 4.78 is 45.7. The SMILES string of the molecule is O=Cc1cccc(Cn2c(=O)[nH]c3cnc(OCCOC(F)(F)F)nc32)c1. The largest absolute Gasteiger partial charge is 0.522 e. The van der Waals surface area contributed by atoms with E-state index in [1.54, 1.807) is 24.3 Å². The number of benzene rings is 1. The molecule has 1 N–H and O–H groups in total. The van der Waals surface area contributed by atoms with Crippen molar-refractivity contribution in [2.75, 3.05) is 13.2 Å². The summed E-state index contributed by atoms with van der Waals surface area (Å²) in [4.78, 5) is 33.5. The summed E-state index contributed by atoms with van der Waals surface area (Å²) in [5, 5.41) is 0. The minimum Gasteiger partial charge on any atom is -0.461 e. The van der Waals surface area contributed by atoms with Crippen LogP contribution in [0.1, 0.15) is 15.9 Å². The first-order chi connectivity index (χ1) is 12.9. The van der Waals surface area contributed by atoms with Crippen molar-refractivity contribution in [1.82, 2.24) is 19.5 Å². The van der Waals surface area contributed by atoms with Gasteiger partial charge in [0.05, 0.1) is 19.3 Å². The fourth-order valence-corrected chi connectivity index (χ4v) is 2.38. The summed E-state index contributed by atoms with van der Waals surface area (Å²) in [6.07, 6.45) is -2.76. The normalized spacial score (nSPS) is 11.7. The standard InChI is InChI=1S/C16H13F3N4O4/c17-16(18,19)27-5-4-26-14-20-7-12-13(22-14)23(15(25)21-12)8-10-2-1-3-11(6-10)9-24/h1-3,6-7,9H,4-5,8H2,(H,21,25). The molecule has 8 nitrogen and oxygen atoms in total. The predicted octanol–water partition coefficient (Wildman–Crippen LogP) is 1.90. The van der Waals surface area contributed by atoms with Crippen LogP contribution in [0, 0.1) is 0 Å². The Morgan fingerprint density at radius 1 is 1.26 bits per heavy atom. The Bertz CT molecular complexity index is 1010. The number of H-pyrrole nitrogens is 1. The molecule has 0 spiro atoms. The van der Waals surface area contributed by atoms with Crippen molar-refractivity contribution in [2.24, 2.45) is 0 Å². The molecule has 142 valence electrons. The van der Waals surface area contributed by atoms with E-state index >= 15 is 0 Å². The molecule has 2 heterocycles. The van der Waals surface area contributed by atoms with Gasteiger partial charge in [-0.25, -0.2) is 9.78 Å². The van der Waals surface area contributed by atoms with Gasteiger partial charge in [-0.2, -0.15) is 4.98 Å². The van der Waals surface area contributed by atoms with E-state index in [0.717, 1.165) is 0 Å². The van der Waals surface area contributed by atoms with E-state index in [9.17, 15) is 22.8 Å². The van der Waals surface area contributed by atoms with Crippen molar-refractivity contribution >= 4 is 17.5 Å². The second-order valence-corrected chi connectivity index (χ2v) is 5.41.